The van der Waals surface area contributed by atoms with Gasteiger partial charge in [-0.25, -0.2) is 9.37 Å². The number of halogens is 1. The maximum atomic E-state index is 13.5. The molecule has 1 fully saturated rings. The van der Waals surface area contributed by atoms with Crippen molar-refractivity contribution in [1.82, 2.24) is 10.3 Å². The topological polar surface area (TPSA) is 37.4 Å². The Morgan fingerprint density at radius 3 is 2.76 bits per heavy atom. The van der Waals surface area contributed by atoms with Gasteiger partial charge in [-0.3, -0.25) is 0 Å². The van der Waals surface area contributed by atoms with Crippen molar-refractivity contribution in [3.8, 4) is 0 Å². The number of aromatic nitrogens is 1. The molecule has 4 nitrogen and oxygen atoms in total. The van der Waals surface area contributed by atoms with Gasteiger partial charge in [-0.1, -0.05) is 13.8 Å². The van der Waals surface area contributed by atoms with Crippen LogP contribution in [0.1, 0.15) is 39.2 Å². The molecule has 21 heavy (non-hydrogen) atoms. The van der Waals surface area contributed by atoms with Crippen LogP contribution in [0.25, 0.3) is 0 Å². The zero-order valence-electron chi connectivity index (χ0n) is 13.2. The van der Waals surface area contributed by atoms with Crippen molar-refractivity contribution in [3.63, 3.8) is 0 Å². The molecular formula is C16H26FN3O. The second-order valence-corrected chi connectivity index (χ2v) is 5.81. The molecule has 1 aromatic rings. The number of piperidine rings is 1. The molecule has 0 amide bonds. The first-order chi connectivity index (χ1) is 10.1. The molecule has 1 N–H and O–H groups in total. The Morgan fingerprint density at radius 1 is 1.43 bits per heavy atom. The van der Waals surface area contributed by atoms with Gasteiger partial charge >= 0.3 is 0 Å². The summed E-state index contributed by atoms with van der Waals surface area (Å²) < 4.78 is 19.1. The third-order valence-electron chi connectivity index (χ3n) is 3.75. The molecule has 1 aromatic heterocycles. The predicted octanol–water partition coefficient (Wildman–Crippen LogP) is 2.72. The van der Waals surface area contributed by atoms with E-state index in [4.69, 9.17) is 4.74 Å². The van der Waals surface area contributed by atoms with Crippen LogP contribution in [0.2, 0.25) is 0 Å². The third kappa shape index (κ3) is 4.64. The number of nitrogens with one attached hydrogen (secondary N) is 1. The predicted molar refractivity (Wildman–Crippen MR) is 83.0 cm³/mol. The highest BCUT2D eigenvalue weighted by Crippen LogP contribution is 2.23. The van der Waals surface area contributed by atoms with Gasteiger partial charge < -0.3 is 15.0 Å². The average Bonchev–Trinajstić information content (AvgIpc) is 2.46. The number of ether oxygens (including phenoxy) is 1. The van der Waals surface area contributed by atoms with E-state index in [1.54, 1.807) is 6.07 Å². The van der Waals surface area contributed by atoms with Gasteiger partial charge in [-0.2, -0.15) is 0 Å². The molecular weight excluding hydrogens is 269 g/mol. The van der Waals surface area contributed by atoms with Crippen molar-refractivity contribution < 1.29 is 9.13 Å². The van der Waals surface area contributed by atoms with E-state index < -0.39 is 0 Å². The molecule has 0 atom stereocenters. The summed E-state index contributed by atoms with van der Waals surface area (Å²) in [6.45, 7) is 9.44. The number of hydrogen-bond donors (Lipinski definition) is 1. The van der Waals surface area contributed by atoms with E-state index in [1.807, 2.05) is 6.92 Å². The van der Waals surface area contributed by atoms with Crippen molar-refractivity contribution in [1.29, 1.82) is 0 Å². The first kappa shape index (κ1) is 16.2. The monoisotopic (exact) mass is 295 g/mol. The molecule has 0 bridgehead atoms. The zero-order chi connectivity index (χ0) is 15.2. The number of hydrogen-bond acceptors (Lipinski definition) is 4. The van der Waals surface area contributed by atoms with E-state index in [-0.39, 0.29) is 5.82 Å². The fourth-order valence-corrected chi connectivity index (χ4v) is 2.67. The van der Waals surface area contributed by atoms with E-state index in [9.17, 15) is 4.39 Å². The van der Waals surface area contributed by atoms with Gasteiger partial charge in [-0.05, 0) is 25.8 Å². The molecule has 0 radical (unpaired) electrons. The molecule has 0 aromatic carbocycles. The standard InChI is InChI=1S/C16H26FN3O/c1-4-21-15-5-7-20(8-6-15)16-13(10-18-12(2)3)9-14(17)11-19-16/h9,11-12,15,18H,4-8,10H2,1-3H3. The highest BCUT2D eigenvalue weighted by molar-refractivity contribution is 5.47. The Labute approximate surface area is 126 Å². The van der Waals surface area contributed by atoms with Crippen molar-refractivity contribution >= 4 is 5.82 Å². The summed E-state index contributed by atoms with van der Waals surface area (Å²) in [5, 5.41) is 3.34. The Balaban J connectivity index is 2.05. The highest BCUT2D eigenvalue weighted by Gasteiger charge is 2.22. The number of rotatable bonds is 6. The number of nitrogens with zero attached hydrogens (tertiary/aromatic N) is 2. The smallest absolute Gasteiger partial charge is 0.141 e. The Bertz CT molecular complexity index is 445. The van der Waals surface area contributed by atoms with Gasteiger partial charge in [0.15, 0.2) is 0 Å². The van der Waals surface area contributed by atoms with Crippen molar-refractivity contribution in [3.05, 3.63) is 23.6 Å². The minimum absolute atomic E-state index is 0.275. The van der Waals surface area contributed by atoms with Crippen molar-refractivity contribution in [2.75, 3.05) is 24.6 Å². The molecule has 1 aliphatic heterocycles. The molecule has 2 heterocycles. The van der Waals surface area contributed by atoms with E-state index in [1.165, 1.54) is 6.20 Å². The minimum atomic E-state index is -0.275. The van der Waals surface area contributed by atoms with E-state index in [2.05, 4.69) is 29.0 Å². The van der Waals surface area contributed by atoms with Gasteiger partial charge in [0.2, 0.25) is 0 Å². The van der Waals surface area contributed by atoms with E-state index in [0.29, 0.717) is 18.7 Å². The second-order valence-electron chi connectivity index (χ2n) is 5.81. The molecule has 2 rings (SSSR count). The summed E-state index contributed by atoms with van der Waals surface area (Å²) in [6, 6.07) is 1.96. The lowest BCUT2D eigenvalue weighted by Gasteiger charge is -2.33. The van der Waals surface area contributed by atoms with Gasteiger partial charge in [0, 0.05) is 37.8 Å². The molecule has 5 heteroatoms. The summed E-state index contributed by atoms with van der Waals surface area (Å²) in [7, 11) is 0. The largest absolute Gasteiger partial charge is 0.378 e. The summed E-state index contributed by atoms with van der Waals surface area (Å²) in [6.07, 6.45) is 3.67. The van der Waals surface area contributed by atoms with Crippen LogP contribution in [-0.2, 0) is 11.3 Å². The molecule has 0 spiro atoms. The van der Waals surface area contributed by atoms with Gasteiger partial charge in [0.1, 0.15) is 11.6 Å². The fraction of sp³-hybridized carbons (Fsp3) is 0.688. The van der Waals surface area contributed by atoms with E-state index in [0.717, 1.165) is 43.9 Å². The Kier molecular flexibility index (Phi) is 5.94. The summed E-state index contributed by atoms with van der Waals surface area (Å²) in [4.78, 5) is 6.56. The lowest BCUT2D eigenvalue weighted by molar-refractivity contribution is 0.0458. The molecule has 0 aliphatic carbocycles. The van der Waals surface area contributed by atoms with Crippen LogP contribution in [0.5, 0.6) is 0 Å². The zero-order valence-corrected chi connectivity index (χ0v) is 13.2. The molecule has 0 unspecified atom stereocenters. The first-order valence-corrected chi connectivity index (χ1v) is 7.84. The normalized spacial score (nSPS) is 16.7. The number of pyridine rings is 1. The fourth-order valence-electron chi connectivity index (χ4n) is 2.67. The lowest BCUT2D eigenvalue weighted by atomic mass is 10.1. The highest BCUT2D eigenvalue weighted by atomic mass is 19.1. The Morgan fingerprint density at radius 2 is 2.14 bits per heavy atom. The SMILES string of the molecule is CCOC1CCN(c2ncc(F)cc2CNC(C)C)CC1. The molecule has 0 saturated carbocycles. The first-order valence-electron chi connectivity index (χ1n) is 7.84. The second kappa shape index (κ2) is 7.71. The lowest BCUT2D eigenvalue weighted by Crippen LogP contribution is -2.38. The van der Waals surface area contributed by atoms with Crippen LogP contribution < -0.4 is 10.2 Å². The van der Waals surface area contributed by atoms with Crippen LogP contribution in [0.4, 0.5) is 10.2 Å². The van der Waals surface area contributed by atoms with Gasteiger partial charge in [0.25, 0.3) is 0 Å². The summed E-state index contributed by atoms with van der Waals surface area (Å²) >= 11 is 0. The van der Waals surface area contributed by atoms with E-state index >= 15 is 0 Å². The van der Waals surface area contributed by atoms with Gasteiger partial charge in [-0.15, -0.1) is 0 Å². The molecule has 118 valence electrons. The Hall–Kier alpha value is -1.20. The molecule has 1 saturated heterocycles. The van der Waals surface area contributed by atoms with Crippen LogP contribution >= 0.6 is 0 Å². The number of anilines is 1. The van der Waals surface area contributed by atoms with Crippen LogP contribution in [-0.4, -0.2) is 36.8 Å². The maximum absolute atomic E-state index is 13.5. The summed E-state index contributed by atoms with van der Waals surface area (Å²) in [5.41, 5.74) is 0.929. The average molecular weight is 295 g/mol. The minimum Gasteiger partial charge on any atom is -0.378 e. The van der Waals surface area contributed by atoms with Crippen molar-refractivity contribution in [2.24, 2.45) is 0 Å². The van der Waals surface area contributed by atoms with Crippen molar-refractivity contribution in [2.45, 2.75) is 52.3 Å². The van der Waals surface area contributed by atoms with Crippen LogP contribution in [0.3, 0.4) is 0 Å². The molecule has 1 aliphatic rings. The summed E-state index contributed by atoms with van der Waals surface area (Å²) in [5.74, 6) is 0.628. The van der Waals surface area contributed by atoms with Crippen LogP contribution in [0.15, 0.2) is 12.3 Å². The van der Waals surface area contributed by atoms with Gasteiger partial charge in [0.05, 0.1) is 12.3 Å². The third-order valence-corrected chi connectivity index (χ3v) is 3.75. The maximum Gasteiger partial charge on any atom is 0.141 e. The van der Waals surface area contributed by atoms with Crippen LogP contribution in [0, 0.1) is 5.82 Å². The quantitative estimate of drug-likeness (QED) is 0.875.